The van der Waals surface area contributed by atoms with Gasteiger partial charge >= 0.3 is 5.97 Å². The maximum Gasteiger partial charge on any atom is 0.321 e. The summed E-state index contributed by atoms with van der Waals surface area (Å²) in [5.74, 6) is -1.38. The first-order valence-corrected chi connectivity index (χ1v) is 11.4. The third-order valence-corrected chi connectivity index (χ3v) is 6.06. The number of benzene rings is 2. The van der Waals surface area contributed by atoms with E-state index in [-0.39, 0.29) is 12.3 Å². The standard InChI is InChI=1S/C24H27N5O6/c1-3-35-23(31)20-21(16-7-6-8-17(15-16)29(32)33)25-24(26-22(20)30)28-13-11-27(12-14-28)18-9-4-5-10-19(18)34-2/h4-10,15,20-21H,3,11-14H2,1-2H3,(H,25,26,30)/t20-,21-/m1/s1. The molecule has 2 aliphatic heterocycles. The van der Waals surface area contributed by atoms with E-state index in [1.54, 1.807) is 20.1 Å². The van der Waals surface area contributed by atoms with Crippen LogP contribution in [0.1, 0.15) is 18.5 Å². The van der Waals surface area contributed by atoms with Crippen LogP contribution in [0, 0.1) is 16.0 Å². The molecule has 1 fully saturated rings. The molecule has 0 unspecified atom stereocenters. The molecule has 0 bridgehead atoms. The number of ether oxygens (including phenoxy) is 2. The number of nitro groups is 1. The molecule has 1 saturated heterocycles. The van der Waals surface area contributed by atoms with Gasteiger partial charge in [0.2, 0.25) is 11.9 Å². The number of hydrogen-bond donors (Lipinski definition) is 1. The highest BCUT2D eigenvalue weighted by molar-refractivity contribution is 6.08. The van der Waals surface area contributed by atoms with Crippen molar-refractivity contribution < 1.29 is 24.0 Å². The molecule has 2 aromatic carbocycles. The first-order valence-electron chi connectivity index (χ1n) is 11.4. The van der Waals surface area contributed by atoms with E-state index in [1.807, 2.05) is 29.2 Å². The summed E-state index contributed by atoms with van der Waals surface area (Å²) in [6.45, 7) is 4.23. The van der Waals surface area contributed by atoms with E-state index in [0.717, 1.165) is 11.4 Å². The quantitative estimate of drug-likeness (QED) is 0.288. The minimum absolute atomic E-state index is 0.103. The molecule has 35 heavy (non-hydrogen) atoms. The third kappa shape index (κ3) is 5.03. The van der Waals surface area contributed by atoms with Crippen LogP contribution < -0.4 is 15.0 Å². The lowest BCUT2D eigenvalue weighted by molar-refractivity contribution is -0.384. The van der Waals surface area contributed by atoms with E-state index in [9.17, 15) is 19.7 Å². The van der Waals surface area contributed by atoms with Crippen molar-refractivity contribution in [3.8, 4) is 5.75 Å². The van der Waals surface area contributed by atoms with E-state index >= 15 is 0 Å². The van der Waals surface area contributed by atoms with E-state index in [1.165, 1.54) is 18.2 Å². The van der Waals surface area contributed by atoms with Crippen molar-refractivity contribution >= 4 is 29.2 Å². The normalized spacial score (nSPS) is 20.1. The first kappa shape index (κ1) is 24.0. The Balaban J connectivity index is 1.60. The van der Waals surface area contributed by atoms with Crippen LogP contribution in [0.5, 0.6) is 5.75 Å². The van der Waals surface area contributed by atoms with Crippen LogP contribution in [-0.2, 0) is 14.3 Å². The fourth-order valence-electron chi connectivity index (χ4n) is 4.34. The van der Waals surface area contributed by atoms with Crippen molar-refractivity contribution in [2.75, 3.05) is 44.8 Å². The van der Waals surface area contributed by atoms with Gasteiger partial charge in [-0.15, -0.1) is 0 Å². The fourth-order valence-corrected chi connectivity index (χ4v) is 4.34. The molecule has 0 saturated carbocycles. The lowest BCUT2D eigenvalue weighted by Gasteiger charge is -2.40. The number of non-ortho nitro benzene ring substituents is 1. The summed E-state index contributed by atoms with van der Waals surface area (Å²) in [5, 5.41) is 14.0. The zero-order valence-corrected chi connectivity index (χ0v) is 19.5. The highest BCUT2D eigenvalue weighted by Crippen LogP contribution is 2.33. The molecule has 2 heterocycles. The number of esters is 1. The fraction of sp³-hybridized carbons (Fsp3) is 0.375. The number of anilines is 1. The van der Waals surface area contributed by atoms with Crippen LogP contribution in [0.25, 0.3) is 0 Å². The van der Waals surface area contributed by atoms with Gasteiger partial charge < -0.3 is 19.3 Å². The highest BCUT2D eigenvalue weighted by atomic mass is 16.6. The number of nitro benzene ring substituents is 1. The Morgan fingerprint density at radius 1 is 1.14 bits per heavy atom. The second kappa shape index (κ2) is 10.4. The number of aliphatic imine (C=N–C) groups is 1. The van der Waals surface area contributed by atoms with Gasteiger partial charge in [-0.25, -0.2) is 4.99 Å². The minimum atomic E-state index is -1.24. The lowest BCUT2D eigenvalue weighted by atomic mass is 9.91. The second-order valence-corrected chi connectivity index (χ2v) is 8.11. The molecule has 0 aliphatic carbocycles. The van der Waals surface area contributed by atoms with E-state index < -0.39 is 28.8 Å². The summed E-state index contributed by atoms with van der Waals surface area (Å²) < 4.78 is 10.6. The maximum absolute atomic E-state index is 13.1. The molecule has 184 valence electrons. The number of nitrogens with zero attached hydrogens (tertiary/aromatic N) is 4. The van der Waals surface area contributed by atoms with Gasteiger partial charge in [0.25, 0.3) is 5.69 Å². The van der Waals surface area contributed by atoms with Gasteiger partial charge in [0.15, 0.2) is 5.92 Å². The van der Waals surface area contributed by atoms with E-state index in [4.69, 9.17) is 9.47 Å². The number of carbonyl (C=O) groups is 2. The largest absolute Gasteiger partial charge is 0.495 e. The molecule has 2 aliphatic rings. The van der Waals surface area contributed by atoms with Gasteiger partial charge in [-0.1, -0.05) is 24.3 Å². The molecular formula is C24H27N5O6. The van der Waals surface area contributed by atoms with Crippen molar-refractivity contribution in [1.82, 2.24) is 10.2 Å². The number of guanidine groups is 1. The number of nitrogens with one attached hydrogen (secondary N) is 1. The van der Waals surface area contributed by atoms with Crippen molar-refractivity contribution in [3.63, 3.8) is 0 Å². The zero-order valence-electron chi connectivity index (χ0n) is 19.5. The smallest absolute Gasteiger partial charge is 0.321 e. The SMILES string of the molecule is CCOC(=O)[C@H]1C(=O)NC(N2CCN(c3ccccc3OC)CC2)=N[C@@H]1c1cccc([N+](=O)[O-])c1. The molecule has 2 atom stereocenters. The highest BCUT2D eigenvalue weighted by Gasteiger charge is 2.42. The minimum Gasteiger partial charge on any atom is -0.495 e. The van der Waals surface area contributed by atoms with Crippen molar-refractivity contribution in [2.24, 2.45) is 10.9 Å². The van der Waals surface area contributed by atoms with Crippen LogP contribution in [0.4, 0.5) is 11.4 Å². The average molecular weight is 482 g/mol. The summed E-state index contributed by atoms with van der Waals surface area (Å²) in [6.07, 6.45) is 0. The zero-order chi connectivity index (χ0) is 24.9. The topological polar surface area (TPSA) is 127 Å². The van der Waals surface area contributed by atoms with Crippen molar-refractivity contribution in [2.45, 2.75) is 13.0 Å². The Bertz CT molecular complexity index is 1140. The molecule has 0 radical (unpaired) electrons. The van der Waals surface area contributed by atoms with Crippen LogP contribution in [0.3, 0.4) is 0 Å². The first-order chi connectivity index (χ1) is 16.9. The number of hydrogen-bond acceptors (Lipinski definition) is 9. The summed E-state index contributed by atoms with van der Waals surface area (Å²) in [7, 11) is 1.63. The molecule has 2 aromatic rings. The Hall–Kier alpha value is -4.15. The maximum atomic E-state index is 13.1. The summed E-state index contributed by atoms with van der Waals surface area (Å²) in [6, 6.07) is 12.7. The van der Waals surface area contributed by atoms with Gasteiger partial charge in [-0.05, 0) is 24.6 Å². The van der Waals surface area contributed by atoms with Gasteiger partial charge in [-0.3, -0.25) is 25.0 Å². The molecule has 11 nitrogen and oxygen atoms in total. The van der Waals surface area contributed by atoms with Gasteiger partial charge in [0, 0.05) is 38.3 Å². The average Bonchev–Trinajstić information content (AvgIpc) is 2.88. The predicted octanol–water partition coefficient (Wildman–Crippen LogP) is 2.13. The Morgan fingerprint density at radius 3 is 2.54 bits per heavy atom. The van der Waals surface area contributed by atoms with Gasteiger partial charge in [0.05, 0.1) is 24.3 Å². The van der Waals surface area contributed by atoms with Gasteiger partial charge in [0.1, 0.15) is 11.8 Å². The second-order valence-electron chi connectivity index (χ2n) is 8.11. The molecular weight excluding hydrogens is 454 g/mol. The summed E-state index contributed by atoms with van der Waals surface area (Å²) >= 11 is 0. The number of rotatable bonds is 6. The molecule has 4 rings (SSSR count). The molecule has 11 heteroatoms. The molecule has 1 N–H and O–H groups in total. The van der Waals surface area contributed by atoms with E-state index in [2.05, 4.69) is 15.2 Å². The van der Waals surface area contributed by atoms with Gasteiger partial charge in [-0.2, -0.15) is 0 Å². The number of para-hydroxylation sites is 2. The number of amides is 1. The Labute approximate surface area is 202 Å². The lowest BCUT2D eigenvalue weighted by Crippen LogP contribution is -2.57. The summed E-state index contributed by atoms with van der Waals surface area (Å²) in [5.41, 5.74) is 1.25. The monoisotopic (exact) mass is 481 g/mol. The Morgan fingerprint density at radius 2 is 1.86 bits per heavy atom. The van der Waals surface area contributed by atoms with Crippen molar-refractivity contribution in [3.05, 3.63) is 64.2 Å². The number of piperazine rings is 1. The van der Waals surface area contributed by atoms with Crippen LogP contribution in [0.15, 0.2) is 53.5 Å². The number of carbonyl (C=O) groups excluding carboxylic acids is 2. The van der Waals surface area contributed by atoms with E-state index in [0.29, 0.717) is 37.7 Å². The van der Waals surface area contributed by atoms with Crippen LogP contribution in [-0.4, -0.2) is 67.6 Å². The van der Waals surface area contributed by atoms with Crippen molar-refractivity contribution in [1.29, 1.82) is 0 Å². The molecule has 1 amide bonds. The van der Waals surface area contributed by atoms with Crippen LogP contribution in [0.2, 0.25) is 0 Å². The molecule has 0 aromatic heterocycles. The Kier molecular flexibility index (Phi) is 7.14. The number of methoxy groups -OCH3 is 1. The molecule has 0 spiro atoms. The van der Waals surface area contributed by atoms with Crippen LogP contribution >= 0.6 is 0 Å². The predicted molar refractivity (Wildman–Crippen MR) is 128 cm³/mol. The summed E-state index contributed by atoms with van der Waals surface area (Å²) in [4.78, 5) is 45.3. The third-order valence-electron chi connectivity index (χ3n) is 6.06.